The number of aryl methyl sites for hydroxylation is 1. The number of hydrogen-bond donors (Lipinski definition) is 2. The number of hydrogen-bond acceptors (Lipinski definition) is 6. The molecule has 2 unspecified atom stereocenters. The Balaban J connectivity index is 1.96. The van der Waals surface area contributed by atoms with Gasteiger partial charge in [-0.2, -0.15) is 0 Å². The molecule has 0 saturated carbocycles. The first kappa shape index (κ1) is 13.5. The standard InChI is InChI=1S/C13H15N5S2/c1-7-3-4-9(19-7)11(8(2)14)20-13-10-12(16-5-15-10)17-6-18-13/h3-6,8,11H,14H2,1-2H3,(H,15,16,17,18). The van der Waals surface area contributed by atoms with Gasteiger partial charge in [0.25, 0.3) is 0 Å². The van der Waals surface area contributed by atoms with Crippen LogP contribution in [0.4, 0.5) is 0 Å². The van der Waals surface area contributed by atoms with Crippen molar-refractivity contribution in [2.24, 2.45) is 5.73 Å². The van der Waals surface area contributed by atoms with E-state index >= 15 is 0 Å². The number of rotatable bonds is 4. The van der Waals surface area contributed by atoms with Crippen molar-refractivity contribution >= 4 is 34.3 Å². The quantitative estimate of drug-likeness (QED) is 0.572. The van der Waals surface area contributed by atoms with Gasteiger partial charge in [0.15, 0.2) is 5.65 Å². The molecule has 0 saturated heterocycles. The van der Waals surface area contributed by atoms with Crippen LogP contribution >= 0.6 is 23.1 Å². The summed E-state index contributed by atoms with van der Waals surface area (Å²) in [7, 11) is 0. The summed E-state index contributed by atoms with van der Waals surface area (Å²) in [6.45, 7) is 4.13. The number of H-pyrrole nitrogens is 1. The van der Waals surface area contributed by atoms with Crippen molar-refractivity contribution in [3.8, 4) is 0 Å². The van der Waals surface area contributed by atoms with Crippen LogP contribution < -0.4 is 5.73 Å². The number of nitrogens with two attached hydrogens (primary N) is 1. The molecule has 7 heteroatoms. The van der Waals surface area contributed by atoms with Gasteiger partial charge in [-0.05, 0) is 26.0 Å². The molecule has 0 bridgehead atoms. The molecule has 5 nitrogen and oxygen atoms in total. The molecule has 104 valence electrons. The van der Waals surface area contributed by atoms with Gasteiger partial charge in [0.2, 0.25) is 0 Å². The van der Waals surface area contributed by atoms with Crippen LogP contribution in [0, 0.1) is 6.92 Å². The van der Waals surface area contributed by atoms with Crippen molar-refractivity contribution in [2.45, 2.75) is 30.2 Å². The van der Waals surface area contributed by atoms with Crippen molar-refractivity contribution < 1.29 is 0 Å². The van der Waals surface area contributed by atoms with Gasteiger partial charge in [0.1, 0.15) is 16.9 Å². The maximum Gasteiger partial charge on any atom is 0.181 e. The minimum atomic E-state index is 0.0333. The van der Waals surface area contributed by atoms with Crippen LogP contribution in [-0.4, -0.2) is 26.0 Å². The van der Waals surface area contributed by atoms with Crippen molar-refractivity contribution in [1.29, 1.82) is 0 Å². The largest absolute Gasteiger partial charge is 0.341 e. The zero-order valence-corrected chi connectivity index (χ0v) is 12.8. The summed E-state index contributed by atoms with van der Waals surface area (Å²) < 4.78 is 0. The fourth-order valence-corrected chi connectivity index (χ4v) is 4.27. The molecule has 0 aliphatic rings. The average Bonchev–Trinajstić information content (AvgIpc) is 3.04. The topological polar surface area (TPSA) is 80.5 Å². The van der Waals surface area contributed by atoms with E-state index in [0.29, 0.717) is 5.65 Å². The molecule has 3 N–H and O–H groups in total. The first-order chi connectivity index (χ1) is 9.65. The Morgan fingerprint density at radius 2 is 2.15 bits per heavy atom. The number of thioether (sulfide) groups is 1. The highest BCUT2D eigenvalue weighted by Gasteiger charge is 2.21. The lowest BCUT2D eigenvalue weighted by Gasteiger charge is -2.18. The van der Waals surface area contributed by atoms with Gasteiger partial charge >= 0.3 is 0 Å². The van der Waals surface area contributed by atoms with Gasteiger partial charge < -0.3 is 10.7 Å². The molecule has 0 spiro atoms. The summed E-state index contributed by atoms with van der Waals surface area (Å²) >= 11 is 3.44. The second-order valence-electron chi connectivity index (χ2n) is 4.63. The minimum absolute atomic E-state index is 0.0333. The summed E-state index contributed by atoms with van der Waals surface area (Å²) in [6.07, 6.45) is 3.18. The Hall–Kier alpha value is -1.44. The lowest BCUT2D eigenvalue weighted by atomic mass is 10.2. The van der Waals surface area contributed by atoms with Gasteiger partial charge in [0, 0.05) is 15.8 Å². The van der Waals surface area contributed by atoms with E-state index in [1.165, 1.54) is 9.75 Å². The maximum atomic E-state index is 6.16. The molecule has 0 aliphatic heterocycles. The third-order valence-corrected chi connectivity index (χ3v) is 5.65. The third-order valence-electron chi connectivity index (χ3n) is 2.95. The predicted molar refractivity (Wildman–Crippen MR) is 83.0 cm³/mol. The Morgan fingerprint density at radius 3 is 2.85 bits per heavy atom. The zero-order chi connectivity index (χ0) is 14.1. The molecular weight excluding hydrogens is 290 g/mol. The average molecular weight is 305 g/mol. The minimum Gasteiger partial charge on any atom is -0.341 e. The van der Waals surface area contributed by atoms with Gasteiger partial charge in [-0.3, -0.25) is 0 Å². The molecule has 0 aromatic carbocycles. The number of nitrogens with one attached hydrogen (secondary N) is 1. The van der Waals surface area contributed by atoms with Crippen LogP contribution in [0.3, 0.4) is 0 Å². The first-order valence-electron chi connectivity index (χ1n) is 6.28. The fraction of sp³-hybridized carbons (Fsp3) is 0.308. The SMILES string of the molecule is Cc1ccc(C(Sc2ncnc3nc[nH]c23)C(C)N)s1. The number of imidazole rings is 1. The molecule has 2 atom stereocenters. The van der Waals surface area contributed by atoms with Crippen molar-refractivity contribution in [2.75, 3.05) is 0 Å². The van der Waals surface area contributed by atoms with Gasteiger partial charge in [-0.25, -0.2) is 15.0 Å². The summed E-state index contributed by atoms with van der Waals surface area (Å²) in [5.74, 6) is 0. The normalized spacial score (nSPS) is 14.6. The Bertz CT molecular complexity index is 718. The Kier molecular flexibility index (Phi) is 3.73. The second kappa shape index (κ2) is 5.51. The number of fused-ring (bicyclic) bond motifs is 1. The van der Waals surface area contributed by atoms with Crippen LogP contribution in [0.5, 0.6) is 0 Å². The highest BCUT2D eigenvalue weighted by atomic mass is 32.2. The maximum absolute atomic E-state index is 6.16. The lowest BCUT2D eigenvalue weighted by Crippen LogP contribution is -2.22. The van der Waals surface area contributed by atoms with E-state index in [1.807, 2.05) is 6.92 Å². The lowest BCUT2D eigenvalue weighted by molar-refractivity contribution is 0.729. The van der Waals surface area contributed by atoms with Gasteiger partial charge in [-0.1, -0.05) is 11.8 Å². The van der Waals surface area contributed by atoms with Crippen LogP contribution in [0.15, 0.2) is 29.8 Å². The van der Waals surface area contributed by atoms with E-state index in [9.17, 15) is 0 Å². The molecule has 3 rings (SSSR count). The van der Waals surface area contributed by atoms with E-state index in [-0.39, 0.29) is 11.3 Å². The molecule has 0 amide bonds. The molecule has 20 heavy (non-hydrogen) atoms. The Morgan fingerprint density at radius 1 is 1.30 bits per heavy atom. The van der Waals surface area contributed by atoms with Crippen molar-refractivity contribution in [3.05, 3.63) is 34.5 Å². The van der Waals surface area contributed by atoms with E-state index in [2.05, 4.69) is 39.0 Å². The summed E-state index contributed by atoms with van der Waals surface area (Å²) in [5.41, 5.74) is 7.72. The molecule has 3 aromatic heterocycles. The van der Waals surface area contributed by atoms with E-state index < -0.39 is 0 Å². The Labute approximate surface area is 125 Å². The monoisotopic (exact) mass is 305 g/mol. The molecule has 0 aliphatic carbocycles. The fourth-order valence-electron chi connectivity index (χ4n) is 1.98. The number of nitrogens with zero attached hydrogens (tertiary/aromatic N) is 3. The first-order valence-corrected chi connectivity index (χ1v) is 7.97. The number of thiophene rings is 1. The molecule has 3 aromatic rings. The number of aromatic amines is 1. The van der Waals surface area contributed by atoms with E-state index in [0.717, 1.165) is 10.5 Å². The van der Waals surface area contributed by atoms with Crippen LogP contribution in [0.2, 0.25) is 0 Å². The van der Waals surface area contributed by atoms with E-state index in [1.54, 1.807) is 35.8 Å². The van der Waals surface area contributed by atoms with Crippen LogP contribution in [0.1, 0.15) is 21.9 Å². The highest BCUT2D eigenvalue weighted by Crippen LogP contribution is 2.40. The highest BCUT2D eigenvalue weighted by molar-refractivity contribution is 7.99. The summed E-state index contributed by atoms with van der Waals surface area (Å²) in [4.78, 5) is 18.3. The van der Waals surface area contributed by atoms with E-state index in [4.69, 9.17) is 5.73 Å². The third kappa shape index (κ3) is 2.56. The van der Waals surface area contributed by atoms with Gasteiger partial charge in [-0.15, -0.1) is 11.3 Å². The van der Waals surface area contributed by atoms with Gasteiger partial charge in [0.05, 0.1) is 11.6 Å². The summed E-state index contributed by atoms with van der Waals surface area (Å²) in [6, 6.07) is 4.31. The summed E-state index contributed by atoms with van der Waals surface area (Å²) in [5, 5.41) is 1.07. The molecule has 0 fully saturated rings. The van der Waals surface area contributed by atoms with Crippen molar-refractivity contribution in [1.82, 2.24) is 19.9 Å². The smallest absolute Gasteiger partial charge is 0.181 e. The molecular formula is C13H15N5S2. The predicted octanol–water partition coefficient (Wildman–Crippen LogP) is 2.90. The van der Waals surface area contributed by atoms with Crippen molar-refractivity contribution in [3.63, 3.8) is 0 Å². The molecule has 0 radical (unpaired) electrons. The second-order valence-corrected chi connectivity index (χ2v) is 7.08. The van der Waals surface area contributed by atoms with Crippen LogP contribution in [0.25, 0.3) is 11.2 Å². The molecule has 3 heterocycles. The zero-order valence-electron chi connectivity index (χ0n) is 11.2. The number of aromatic nitrogens is 4. The van der Waals surface area contributed by atoms with Crippen LogP contribution in [-0.2, 0) is 0 Å².